The van der Waals surface area contributed by atoms with Crippen LogP contribution in [0.4, 0.5) is 5.69 Å². The fourth-order valence-corrected chi connectivity index (χ4v) is 2.64. The van der Waals surface area contributed by atoms with Crippen molar-refractivity contribution in [1.82, 2.24) is 9.78 Å². The minimum atomic E-state index is -0.336. The van der Waals surface area contributed by atoms with Gasteiger partial charge in [0.15, 0.2) is 0 Å². The van der Waals surface area contributed by atoms with E-state index >= 15 is 0 Å². The summed E-state index contributed by atoms with van der Waals surface area (Å²) in [5.41, 5.74) is 0.554. The van der Waals surface area contributed by atoms with Gasteiger partial charge in [0.1, 0.15) is 0 Å². The van der Waals surface area contributed by atoms with Gasteiger partial charge in [0.25, 0.3) is 5.56 Å². The van der Waals surface area contributed by atoms with Crippen LogP contribution in [0.5, 0.6) is 0 Å². The van der Waals surface area contributed by atoms with Gasteiger partial charge >= 0.3 is 0 Å². The van der Waals surface area contributed by atoms with Gasteiger partial charge in [-0.3, -0.25) is 4.79 Å². The Kier molecular flexibility index (Phi) is 5.00. The molecule has 0 radical (unpaired) electrons. The van der Waals surface area contributed by atoms with Gasteiger partial charge in [0.2, 0.25) is 0 Å². The van der Waals surface area contributed by atoms with Gasteiger partial charge in [-0.15, -0.1) is 0 Å². The number of piperidine rings is 1. The normalized spacial score (nSPS) is 15.8. The first-order valence-corrected chi connectivity index (χ1v) is 7.75. The maximum absolute atomic E-state index is 12.1. The van der Waals surface area contributed by atoms with Crippen LogP contribution in [0.3, 0.4) is 0 Å². The van der Waals surface area contributed by atoms with Gasteiger partial charge in [0.05, 0.1) is 23.4 Å². The Hall–Kier alpha value is -1.83. The SMILES string of the molecule is CC(C)(C#N)CCCn1ncc(N2CCCCC2)cc1=O. The molecule has 0 aliphatic carbocycles. The molecule has 1 aromatic heterocycles. The summed E-state index contributed by atoms with van der Waals surface area (Å²) in [5, 5.41) is 13.3. The minimum Gasteiger partial charge on any atom is -0.370 e. The number of rotatable bonds is 5. The first-order chi connectivity index (χ1) is 10.0. The zero-order chi connectivity index (χ0) is 15.3. The molecule has 1 saturated heterocycles. The van der Waals surface area contributed by atoms with Crippen molar-refractivity contribution in [3.05, 3.63) is 22.6 Å². The van der Waals surface area contributed by atoms with E-state index in [9.17, 15) is 4.79 Å². The van der Waals surface area contributed by atoms with Gasteiger partial charge < -0.3 is 4.90 Å². The molecular weight excluding hydrogens is 264 g/mol. The highest BCUT2D eigenvalue weighted by Gasteiger charge is 2.16. The monoisotopic (exact) mass is 288 g/mol. The van der Waals surface area contributed by atoms with Gasteiger partial charge in [-0.25, -0.2) is 4.68 Å². The molecule has 1 fully saturated rings. The average molecular weight is 288 g/mol. The summed E-state index contributed by atoms with van der Waals surface area (Å²) < 4.78 is 1.50. The summed E-state index contributed by atoms with van der Waals surface area (Å²) in [4.78, 5) is 14.4. The maximum Gasteiger partial charge on any atom is 0.268 e. The standard InChI is InChI=1S/C16H24N4O/c1-16(2,13-17)7-6-10-20-15(21)11-14(12-18-20)19-8-4-3-5-9-19/h11-12H,3-10H2,1-2H3. The third-order valence-corrected chi connectivity index (χ3v) is 4.05. The number of hydrogen-bond acceptors (Lipinski definition) is 4. The lowest BCUT2D eigenvalue weighted by Gasteiger charge is -2.28. The Morgan fingerprint density at radius 1 is 1.33 bits per heavy atom. The smallest absolute Gasteiger partial charge is 0.268 e. The van der Waals surface area contributed by atoms with Crippen molar-refractivity contribution in [2.75, 3.05) is 18.0 Å². The second kappa shape index (κ2) is 6.75. The van der Waals surface area contributed by atoms with Crippen molar-refractivity contribution in [1.29, 1.82) is 5.26 Å². The van der Waals surface area contributed by atoms with E-state index in [-0.39, 0.29) is 11.0 Å². The quantitative estimate of drug-likeness (QED) is 0.835. The largest absolute Gasteiger partial charge is 0.370 e. The lowest BCUT2D eigenvalue weighted by molar-refractivity contribution is 0.402. The molecule has 0 saturated carbocycles. The fraction of sp³-hybridized carbons (Fsp3) is 0.688. The highest BCUT2D eigenvalue weighted by molar-refractivity contribution is 5.43. The number of anilines is 1. The molecule has 2 heterocycles. The molecule has 1 aliphatic rings. The molecule has 0 unspecified atom stereocenters. The van der Waals surface area contributed by atoms with Crippen molar-refractivity contribution in [3.63, 3.8) is 0 Å². The molecular formula is C16H24N4O. The predicted octanol–water partition coefficient (Wildman–Crippen LogP) is 2.56. The molecule has 1 aliphatic heterocycles. The third-order valence-electron chi connectivity index (χ3n) is 4.05. The number of nitrogens with zero attached hydrogens (tertiary/aromatic N) is 4. The van der Waals surface area contributed by atoms with Crippen LogP contribution in [0.1, 0.15) is 46.0 Å². The Balaban J connectivity index is 1.96. The van der Waals surface area contributed by atoms with Crippen LogP contribution in [-0.2, 0) is 6.54 Å². The van der Waals surface area contributed by atoms with Crippen LogP contribution in [0.15, 0.2) is 17.1 Å². The van der Waals surface area contributed by atoms with E-state index in [1.807, 2.05) is 13.8 Å². The topological polar surface area (TPSA) is 61.9 Å². The second-order valence-electron chi connectivity index (χ2n) is 6.42. The van der Waals surface area contributed by atoms with Gasteiger partial charge in [0, 0.05) is 25.7 Å². The second-order valence-corrected chi connectivity index (χ2v) is 6.42. The summed E-state index contributed by atoms with van der Waals surface area (Å²) >= 11 is 0. The van der Waals surface area contributed by atoms with Crippen molar-refractivity contribution in [3.8, 4) is 6.07 Å². The molecule has 0 spiro atoms. The Labute approximate surface area is 126 Å². The molecule has 2 rings (SSSR count). The van der Waals surface area contributed by atoms with Gasteiger partial charge in [-0.1, -0.05) is 0 Å². The summed E-state index contributed by atoms with van der Waals surface area (Å²) in [7, 11) is 0. The fourth-order valence-electron chi connectivity index (χ4n) is 2.64. The van der Waals surface area contributed by atoms with E-state index in [1.54, 1.807) is 12.3 Å². The van der Waals surface area contributed by atoms with Crippen molar-refractivity contribution in [2.45, 2.75) is 52.5 Å². The van der Waals surface area contributed by atoms with Crippen LogP contribution < -0.4 is 10.5 Å². The third kappa shape index (κ3) is 4.32. The van der Waals surface area contributed by atoms with E-state index in [0.717, 1.165) is 31.6 Å². The lowest BCUT2D eigenvalue weighted by atomic mass is 9.90. The lowest BCUT2D eigenvalue weighted by Crippen LogP contribution is -2.32. The Morgan fingerprint density at radius 3 is 2.67 bits per heavy atom. The van der Waals surface area contributed by atoms with E-state index in [4.69, 9.17) is 5.26 Å². The first kappa shape index (κ1) is 15.6. The van der Waals surface area contributed by atoms with Crippen LogP contribution in [0.25, 0.3) is 0 Å². The molecule has 0 N–H and O–H groups in total. The summed E-state index contributed by atoms with van der Waals surface area (Å²) in [6.07, 6.45) is 7.00. The zero-order valence-corrected chi connectivity index (χ0v) is 13.0. The van der Waals surface area contributed by atoms with Crippen molar-refractivity contribution < 1.29 is 0 Å². The van der Waals surface area contributed by atoms with Crippen LogP contribution in [0.2, 0.25) is 0 Å². The zero-order valence-electron chi connectivity index (χ0n) is 13.0. The summed E-state index contributed by atoms with van der Waals surface area (Å²) in [6, 6.07) is 3.97. The molecule has 0 bridgehead atoms. The number of aryl methyl sites for hydroxylation is 1. The molecule has 21 heavy (non-hydrogen) atoms. The molecule has 5 heteroatoms. The molecule has 0 amide bonds. The molecule has 1 aromatic rings. The highest BCUT2D eigenvalue weighted by Crippen LogP contribution is 2.21. The predicted molar refractivity (Wildman–Crippen MR) is 83.2 cm³/mol. The highest BCUT2D eigenvalue weighted by atomic mass is 16.1. The van der Waals surface area contributed by atoms with Crippen LogP contribution in [0, 0.1) is 16.7 Å². The molecule has 0 aromatic carbocycles. The summed E-state index contributed by atoms with van der Waals surface area (Å²) in [5.74, 6) is 0. The minimum absolute atomic E-state index is 0.0483. The number of aromatic nitrogens is 2. The Bertz CT molecular complexity index is 564. The van der Waals surface area contributed by atoms with Crippen LogP contribution in [-0.4, -0.2) is 22.9 Å². The number of hydrogen-bond donors (Lipinski definition) is 0. The summed E-state index contributed by atoms with van der Waals surface area (Å²) in [6.45, 7) is 6.44. The van der Waals surface area contributed by atoms with Crippen molar-refractivity contribution >= 4 is 5.69 Å². The van der Waals surface area contributed by atoms with E-state index in [0.29, 0.717) is 6.54 Å². The Morgan fingerprint density at radius 2 is 2.05 bits per heavy atom. The van der Waals surface area contributed by atoms with Gasteiger partial charge in [-0.2, -0.15) is 10.4 Å². The molecule has 5 nitrogen and oxygen atoms in total. The molecule has 114 valence electrons. The number of nitriles is 1. The molecule has 0 atom stereocenters. The average Bonchev–Trinajstić information content (AvgIpc) is 2.49. The van der Waals surface area contributed by atoms with Crippen molar-refractivity contribution in [2.24, 2.45) is 5.41 Å². The van der Waals surface area contributed by atoms with E-state index < -0.39 is 0 Å². The van der Waals surface area contributed by atoms with Gasteiger partial charge in [-0.05, 0) is 46.0 Å². The van der Waals surface area contributed by atoms with E-state index in [2.05, 4.69) is 16.1 Å². The van der Waals surface area contributed by atoms with E-state index in [1.165, 1.54) is 23.9 Å². The first-order valence-electron chi connectivity index (χ1n) is 7.75. The van der Waals surface area contributed by atoms with Crippen LogP contribution >= 0.6 is 0 Å². The maximum atomic E-state index is 12.1.